The number of hydrogen-bond donors (Lipinski definition) is 3. The summed E-state index contributed by atoms with van der Waals surface area (Å²) in [6.07, 6.45) is -3.35. The largest absolute Gasteiger partial charge is 0.489 e. The van der Waals surface area contributed by atoms with E-state index in [-0.39, 0.29) is 29.7 Å². The lowest BCUT2D eigenvalue weighted by molar-refractivity contribution is -0.279. The van der Waals surface area contributed by atoms with Crippen LogP contribution in [0.5, 0.6) is 5.75 Å². The number of ether oxygens (including phenoxy) is 4. The van der Waals surface area contributed by atoms with Gasteiger partial charge in [-0.1, -0.05) is 61.4 Å². The van der Waals surface area contributed by atoms with E-state index in [1.165, 1.54) is 18.2 Å². The normalized spacial score (nSPS) is 23.9. The Labute approximate surface area is 282 Å². The number of esters is 2. The van der Waals surface area contributed by atoms with Crippen molar-refractivity contribution in [2.75, 3.05) is 6.61 Å². The van der Waals surface area contributed by atoms with E-state index in [1.807, 2.05) is 47.4 Å². The Morgan fingerprint density at radius 1 is 0.979 bits per heavy atom. The van der Waals surface area contributed by atoms with Crippen LogP contribution in [0.3, 0.4) is 0 Å². The molecular weight excluding hydrogens is 642 g/mol. The maximum absolute atomic E-state index is 13.2. The van der Waals surface area contributed by atoms with Crippen LogP contribution in [-0.2, 0) is 32.2 Å². The third-order valence-electron chi connectivity index (χ3n) is 8.89. The second-order valence-corrected chi connectivity index (χ2v) is 12.5. The van der Waals surface area contributed by atoms with Crippen molar-refractivity contribution in [1.29, 1.82) is 0 Å². The molecule has 0 spiro atoms. The van der Waals surface area contributed by atoms with E-state index in [0.29, 0.717) is 23.9 Å². The number of rotatable bonds is 10. The van der Waals surface area contributed by atoms with Crippen LogP contribution in [0.1, 0.15) is 57.5 Å². The van der Waals surface area contributed by atoms with Crippen LogP contribution >= 0.6 is 11.6 Å². The maximum atomic E-state index is 13.2. The lowest BCUT2D eigenvalue weighted by Crippen LogP contribution is -2.60. The van der Waals surface area contributed by atoms with Gasteiger partial charge in [0, 0.05) is 18.2 Å². The average molecular weight is 678 g/mol. The number of carbonyl (C=O) groups excluding carboxylic acids is 3. The predicted molar refractivity (Wildman–Crippen MR) is 173 cm³/mol. The molecule has 5 atom stereocenters. The molecule has 1 saturated carbocycles. The standard InChI is InChI=1S/C36H36ClNO10/c1-2-14-45-35(44)32-30(40)29(39)31(41)36(47-32)48-34(43)27-17-22(10-13-28(27)37)21-7-5-6-20(15-21)19-46-25-11-12-26-23(16-25)18-38(33(26)42)24-8-3-4-9-24/h2,5-7,10-13,15-17,24,29-32,36,39-41H,1,3-4,8-9,14,18-19H2/t29-,30-,31+,32-,36?/m0/s1. The number of amides is 1. The van der Waals surface area contributed by atoms with Crippen LogP contribution < -0.4 is 4.74 Å². The van der Waals surface area contributed by atoms with E-state index in [0.717, 1.165) is 47.9 Å². The predicted octanol–water partition coefficient (Wildman–Crippen LogP) is 4.18. The van der Waals surface area contributed by atoms with Gasteiger partial charge in [0.05, 0.1) is 10.6 Å². The lowest BCUT2D eigenvalue weighted by Gasteiger charge is -2.38. The third-order valence-corrected chi connectivity index (χ3v) is 9.22. The summed E-state index contributed by atoms with van der Waals surface area (Å²) in [5.74, 6) is -1.27. The molecule has 2 aliphatic heterocycles. The molecule has 3 aromatic rings. The summed E-state index contributed by atoms with van der Waals surface area (Å²) in [6.45, 7) is 4.11. The highest BCUT2D eigenvalue weighted by Crippen LogP contribution is 2.34. The SMILES string of the molecule is C=CCOC(=O)[C@H]1OC(OC(=O)c2cc(-c3cccc(COc4ccc5c(c4)CN(C4CCCC4)C5=O)c3)ccc2Cl)[C@H](O)[C@@H](O)[C@@H]1O. The first-order valence-electron chi connectivity index (χ1n) is 15.8. The molecule has 1 aliphatic carbocycles. The Bertz CT molecular complexity index is 1710. The highest BCUT2D eigenvalue weighted by Gasteiger charge is 2.49. The molecule has 11 nitrogen and oxygen atoms in total. The molecule has 252 valence electrons. The zero-order valence-electron chi connectivity index (χ0n) is 26.0. The fraction of sp³-hybridized carbons (Fsp3) is 0.361. The second-order valence-electron chi connectivity index (χ2n) is 12.1. The van der Waals surface area contributed by atoms with Gasteiger partial charge in [-0.15, -0.1) is 0 Å². The first-order valence-corrected chi connectivity index (χ1v) is 16.2. The number of nitrogens with zero attached hydrogens (tertiary/aromatic N) is 1. The minimum Gasteiger partial charge on any atom is -0.489 e. The van der Waals surface area contributed by atoms with Gasteiger partial charge in [0.1, 0.15) is 37.3 Å². The van der Waals surface area contributed by atoms with Crippen LogP contribution in [0.4, 0.5) is 0 Å². The van der Waals surface area contributed by atoms with Crippen molar-refractivity contribution >= 4 is 29.4 Å². The van der Waals surface area contributed by atoms with Crippen LogP contribution in [0, 0.1) is 0 Å². The first-order chi connectivity index (χ1) is 23.1. The van der Waals surface area contributed by atoms with Gasteiger partial charge in [-0.2, -0.15) is 0 Å². The smallest absolute Gasteiger partial charge is 0.342 e. The number of halogens is 1. The van der Waals surface area contributed by atoms with Crippen molar-refractivity contribution in [3.8, 4) is 16.9 Å². The zero-order valence-corrected chi connectivity index (χ0v) is 26.8. The van der Waals surface area contributed by atoms with E-state index in [4.69, 9.17) is 30.5 Å². The Morgan fingerprint density at radius 2 is 1.75 bits per heavy atom. The van der Waals surface area contributed by atoms with Crippen LogP contribution in [0.15, 0.2) is 73.3 Å². The van der Waals surface area contributed by atoms with Crippen molar-refractivity contribution in [1.82, 2.24) is 4.90 Å². The Balaban J connectivity index is 1.12. The molecule has 3 N–H and O–H groups in total. The summed E-state index contributed by atoms with van der Waals surface area (Å²) in [4.78, 5) is 40.4. The monoisotopic (exact) mass is 677 g/mol. The highest BCUT2D eigenvalue weighted by molar-refractivity contribution is 6.33. The summed E-state index contributed by atoms with van der Waals surface area (Å²) < 4.78 is 21.6. The molecule has 6 rings (SSSR count). The quantitative estimate of drug-likeness (QED) is 0.211. The van der Waals surface area contributed by atoms with Gasteiger partial charge in [0.25, 0.3) is 5.91 Å². The van der Waals surface area contributed by atoms with E-state index in [1.54, 1.807) is 6.07 Å². The number of carbonyl (C=O) groups is 3. The Hall–Kier alpha value is -4.26. The molecular formula is C36H36ClNO10. The van der Waals surface area contributed by atoms with Gasteiger partial charge in [-0.05, 0) is 71.5 Å². The van der Waals surface area contributed by atoms with Gasteiger partial charge < -0.3 is 39.2 Å². The van der Waals surface area contributed by atoms with Crippen molar-refractivity contribution < 1.29 is 48.7 Å². The lowest BCUT2D eigenvalue weighted by atomic mass is 9.99. The van der Waals surface area contributed by atoms with Gasteiger partial charge in [0.2, 0.25) is 6.29 Å². The molecule has 0 aromatic heterocycles. The van der Waals surface area contributed by atoms with Crippen LogP contribution in [0.2, 0.25) is 5.02 Å². The average Bonchev–Trinajstić information content (AvgIpc) is 3.74. The van der Waals surface area contributed by atoms with Crippen molar-refractivity contribution in [2.45, 2.75) is 75.6 Å². The minimum atomic E-state index is -1.87. The molecule has 2 fully saturated rings. The molecule has 0 radical (unpaired) electrons. The minimum absolute atomic E-state index is 0.0534. The van der Waals surface area contributed by atoms with Crippen LogP contribution in [0.25, 0.3) is 11.1 Å². The van der Waals surface area contributed by atoms with E-state index >= 15 is 0 Å². The third kappa shape index (κ3) is 6.96. The Morgan fingerprint density at radius 3 is 2.52 bits per heavy atom. The summed E-state index contributed by atoms with van der Waals surface area (Å²) in [5.41, 5.74) is 3.89. The molecule has 3 aromatic carbocycles. The number of benzene rings is 3. The molecule has 2 heterocycles. The fourth-order valence-electron chi connectivity index (χ4n) is 6.32. The second kappa shape index (κ2) is 14.5. The van der Waals surface area contributed by atoms with E-state index in [9.17, 15) is 29.7 Å². The number of aliphatic hydroxyl groups is 3. The van der Waals surface area contributed by atoms with E-state index in [2.05, 4.69) is 6.58 Å². The summed E-state index contributed by atoms with van der Waals surface area (Å²) in [5, 5.41) is 31.0. The zero-order chi connectivity index (χ0) is 33.9. The van der Waals surface area contributed by atoms with Gasteiger partial charge in [-0.25, -0.2) is 9.59 Å². The van der Waals surface area contributed by atoms with Gasteiger partial charge in [-0.3, -0.25) is 4.79 Å². The molecule has 0 bridgehead atoms. The molecule has 12 heteroatoms. The fourth-order valence-corrected chi connectivity index (χ4v) is 6.52. The van der Waals surface area contributed by atoms with Crippen LogP contribution in [-0.4, -0.2) is 81.4 Å². The van der Waals surface area contributed by atoms with Gasteiger partial charge >= 0.3 is 11.9 Å². The van der Waals surface area contributed by atoms with E-state index < -0.39 is 42.6 Å². The van der Waals surface area contributed by atoms with Crippen molar-refractivity contribution in [2.24, 2.45) is 0 Å². The molecule has 3 aliphatic rings. The van der Waals surface area contributed by atoms with Crippen molar-refractivity contribution in [3.05, 3.63) is 101 Å². The molecule has 1 unspecified atom stereocenters. The number of hydrogen-bond acceptors (Lipinski definition) is 10. The summed E-state index contributed by atoms with van der Waals surface area (Å²) >= 11 is 6.34. The summed E-state index contributed by atoms with van der Waals surface area (Å²) in [7, 11) is 0. The summed E-state index contributed by atoms with van der Waals surface area (Å²) in [6, 6.07) is 18.2. The first kappa shape index (κ1) is 33.6. The number of fused-ring (bicyclic) bond motifs is 1. The van der Waals surface area contributed by atoms with Gasteiger partial charge in [0.15, 0.2) is 6.10 Å². The maximum Gasteiger partial charge on any atom is 0.342 e. The Kier molecular flexibility index (Phi) is 10.1. The molecule has 1 amide bonds. The molecule has 48 heavy (non-hydrogen) atoms. The number of aliphatic hydroxyl groups excluding tert-OH is 3. The van der Waals surface area contributed by atoms with Crippen molar-refractivity contribution in [3.63, 3.8) is 0 Å². The topological polar surface area (TPSA) is 152 Å². The highest BCUT2D eigenvalue weighted by atomic mass is 35.5. The molecule has 1 saturated heterocycles.